The van der Waals surface area contributed by atoms with E-state index in [1.807, 2.05) is 12.1 Å². The highest BCUT2D eigenvalue weighted by molar-refractivity contribution is 6.23. The van der Waals surface area contributed by atoms with Crippen LogP contribution < -0.4 is 25.3 Å². The minimum atomic E-state index is -4.71. The van der Waals surface area contributed by atoms with Gasteiger partial charge in [0.25, 0.3) is 17.7 Å². The van der Waals surface area contributed by atoms with Crippen LogP contribution in [0.5, 0.6) is 0 Å². The number of aromatic nitrogens is 1. The molecule has 2 aromatic carbocycles. The first kappa shape index (κ1) is 42.2. The molecule has 0 bridgehead atoms. The molecule has 3 aromatic rings. The predicted octanol–water partition coefficient (Wildman–Crippen LogP) is 5.14. The van der Waals surface area contributed by atoms with Crippen LogP contribution >= 0.6 is 0 Å². The van der Waals surface area contributed by atoms with Gasteiger partial charge in [-0.3, -0.25) is 34.2 Å². The van der Waals surface area contributed by atoms with Gasteiger partial charge in [0.1, 0.15) is 11.9 Å². The molecular formula is C45H47F4N9O5. The van der Waals surface area contributed by atoms with Gasteiger partial charge in [0, 0.05) is 89.5 Å². The lowest BCUT2D eigenvalue weighted by Gasteiger charge is -2.55. The fourth-order valence-electron chi connectivity index (χ4n) is 10.3. The first-order chi connectivity index (χ1) is 30.1. The molecule has 2 N–H and O–H groups in total. The number of fused-ring (bicyclic) bond motifs is 1. The number of piperidine rings is 4. The first-order valence-corrected chi connectivity index (χ1v) is 21.5. The minimum absolute atomic E-state index is 0.0254. The number of amides is 5. The van der Waals surface area contributed by atoms with E-state index in [4.69, 9.17) is 5.26 Å². The van der Waals surface area contributed by atoms with Crippen molar-refractivity contribution in [2.75, 3.05) is 78.9 Å². The smallest absolute Gasteiger partial charge is 0.371 e. The van der Waals surface area contributed by atoms with E-state index < -0.39 is 58.5 Å². The predicted molar refractivity (Wildman–Crippen MR) is 223 cm³/mol. The number of nitrogens with one attached hydrogen (secondary N) is 2. The van der Waals surface area contributed by atoms with Crippen molar-refractivity contribution in [1.29, 1.82) is 5.26 Å². The monoisotopic (exact) mass is 869 g/mol. The summed E-state index contributed by atoms with van der Waals surface area (Å²) in [5.74, 6) is -2.09. The third kappa shape index (κ3) is 8.18. The van der Waals surface area contributed by atoms with Gasteiger partial charge in [0.2, 0.25) is 11.8 Å². The van der Waals surface area contributed by atoms with Crippen molar-refractivity contribution in [2.24, 2.45) is 11.3 Å². The molecular weight excluding hydrogens is 823 g/mol. The first-order valence-electron chi connectivity index (χ1n) is 21.5. The summed E-state index contributed by atoms with van der Waals surface area (Å²) in [4.78, 5) is 77.7. The van der Waals surface area contributed by atoms with Crippen LogP contribution in [-0.4, -0.2) is 115 Å². The Bertz CT molecular complexity index is 2370. The molecule has 1 unspecified atom stereocenters. The van der Waals surface area contributed by atoms with Crippen LogP contribution in [0.1, 0.15) is 83.2 Å². The largest absolute Gasteiger partial charge is 0.417 e. The molecule has 18 heteroatoms. The number of halogens is 4. The van der Waals surface area contributed by atoms with Gasteiger partial charge in [-0.2, -0.15) is 18.4 Å². The summed E-state index contributed by atoms with van der Waals surface area (Å²) in [6.07, 6.45) is 0.835. The van der Waals surface area contributed by atoms with Crippen molar-refractivity contribution in [3.05, 3.63) is 77.0 Å². The van der Waals surface area contributed by atoms with E-state index in [0.717, 1.165) is 99.9 Å². The molecule has 14 nitrogen and oxygen atoms in total. The zero-order chi connectivity index (χ0) is 44.3. The molecule has 1 aromatic heterocycles. The Hall–Kier alpha value is -6.09. The molecule has 0 radical (unpaired) electrons. The summed E-state index contributed by atoms with van der Waals surface area (Å²) < 4.78 is 56.3. The number of pyridine rings is 1. The number of rotatable bonds is 8. The normalized spacial score (nSPS) is 22.7. The molecule has 5 amide bonds. The number of nitrogens with zero attached hydrogens (tertiary/aromatic N) is 7. The van der Waals surface area contributed by atoms with Crippen molar-refractivity contribution >= 4 is 52.4 Å². The van der Waals surface area contributed by atoms with E-state index in [-0.39, 0.29) is 61.3 Å². The maximum atomic E-state index is 15.8. The van der Waals surface area contributed by atoms with Crippen molar-refractivity contribution < 1.29 is 41.5 Å². The van der Waals surface area contributed by atoms with Gasteiger partial charge in [-0.05, 0) is 92.0 Å². The topological polar surface area (TPSA) is 162 Å². The van der Waals surface area contributed by atoms with Gasteiger partial charge < -0.3 is 24.9 Å². The molecule has 9 rings (SSSR count). The number of hydrogen-bond acceptors (Lipinski definition) is 11. The number of benzene rings is 2. The number of likely N-dealkylation sites (tertiary alicyclic amines) is 1. The Morgan fingerprint density at radius 1 is 0.810 bits per heavy atom. The van der Waals surface area contributed by atoms with Crippen LogP contribution in [0.2, 0.25) is 0 Å². The Morgan fingerprint density at radius 3 is 2.06 bits per heavy atom. The summed E-state index contributed by atoms with van der Waals surface area (Å²) in [5, 5.41) is 13.9. The average molecular weight is 870 g/mol. The summed E-state index contributed by atoms with van der Waals surface area (Å²) in [6.45, 7) is 6.59. The fraction of sp³-hybridized carbons (Fsp3) is 0.489. The second-order valence-corrected chi connectivity index (χ2v) is 17.9. The van der Waals surface area contributed by atoms with Crippen LogP contribution in [0.15, 0.2) is 54.7 Å². The number of nitriles is 1. The Kier molecular flexibility index (Phi) is 10.9. The molecule has 330 valence electrons. The Labute approximate surface area is 361 Å². The molecule has 6 aliphatic rings. The molecule has 7 heterocycles. The van der Waals surface area contributed by atoms with Crippen molar-refractivity contribution in [1.82, 2.24) is 20.1 Å². The van der Waals surface area contributed by atoms with E-state index >= 15 is 4.39 Å². The standard InChI is InChI=1S/C45H47F4N9O5/c46-44(13-19-57(20-14-44)31-2-1-29(23-50)35(22-31)45(47,48)49)42(63)52-37-7-4-32(24-51-37)55-15-9-28(10-16-55)25-54-26-43(27-54)11-17-56(18-12-43)30-3-5-33-34(21-30)41(62)58(40(33)61)36-6-8-38(59)53-39(36)60/h1-5,7,21-22,24,28,36H,6,8-20,25-27H2,(H,51,52,63)(H,53,59,60). The zero-order valence-corrected chi connectivity index (χ0v) is 34.6. The molecule has 5 fully saturated rings. The summed E-state index contributed by atoms with van der Waals surface area (Å²) in [5.41, 5.74) is -0.899. The lowest BCUT2D eigenvalue weighted by Crippen LogP contribution is -2.61. The summed E-state index contributed by atoms with van der Waals surface area (Å²) >= 11 is 0. The van der Waals surface area contributed by atoms with E-state index in [0.29, 0.717) is 11.5 Å². The van der Waals surface area contributed by atoms with Gasteiger partial charge >= 0.3 is 6.18 Å². The maximum absolute atomic E-state index is 15.8. The van der Waals surface area contributed by atoms with Crippen LogP contribution in [0, 0.1) is 22.7 Å². The van der Waals surface area contributed by atoms with E-state index in [2.05, 4.69) is 30.3 Å². The average Bonchev–Trinajstić information content (AvgIpc) is 3.51. The van der Waals surface area contributed by atoms with Gasteiger partial charge in [-0.25, -0.2) is 9.37 Å². The maximum Gasteiger partial charge on any atom is 0.417 e. The molecule has 1 atom stereocenters. The van der Waals surface area contributed by atoms with E-state index in [1.165, 1.54) is 6.07 Å². The highest BCUT2D eigenvalue weighted by Crippen LogP contribution is 2.43. The van der Waals surface area contributed by atoms with E-state index in [9.17, 15) is 37.1 Å². The quantitative estimate of drug-likeness (QED) is 0.228. The summed E-state index contributed by atoms with van der Waals surface area (Å²) in [7, 11) is 0. The number of carbonyl (C=O) groups is 5. The van der Waals surface area contributed by atoms with Crippen molar-refractivity contribution in [2.45, 2.75) is 69.3 Å². The number of imide groups is 2. The second-order valence-electron chi connectivity index (χ2n) is 17.9. The van der Waals surface area contributed by atoms with Gasteiger partial charge in [0.05, 0.1) is 40.2 Å². The highest BCUT2D eigenvalue weighted by Gasteiger charge is 2.48. The number of hydrogen-bond donors (Lipinski definition) is 2. The molecule has 0 saturated carbocycles. The van der Waals surface area contributed by atoms with Gasteiger partial charge in [-0.1, -0.05) is 0 Å². The number of anilines is 4. The SMILES string of the molecule is N#Cc1ccc(N2CCC(F)(C(=O)Nc3ccc(N4CCC(CN5CC6(CCN(c7ccc8c(c7)C(=O)N(C7CCC(=O)NC7=O)C8=O)CC6)C5)CC4)cn3)CC2)cc1C(F)(F)F. The molecule has 1 spiro atoms. The van der Waals surface area contributed by atoms with Crippen LogP contribution in [-0.2, 0) is 20.6 Å². The van der Waals surface area contributed by atoms with Crippen LogP contribution in [0.25, 0.3) is 0 Å². The molecule has 6 aliphatic heterocycles. The lowest BCUT2D eigenvalue weighted by molar-refractivity contribution is -0.138. The molecule has 63 heavy (non-hydrogen) atoms. The van der Waals surface area contributed by atoms with Crippen LogP contribution in [0.3, 0.4) is 0 Å². The van der Waals surface area contributed by atoms with Crippen molar-refractivity contribution in [3.8, 4) is 6.07 Å². The highest BCUT2D eigenvalue weighted by atomic mass is 19.4. The van der Waals surface area contributed by atoms with Gasteiger partial charge in [0.15, 0.2) is 5.67 Å². The Morgan fingerprint density at radius 2 is 1.43 bits per heavy atom. The summed E-state index contributed by atoms with van der Waals surface area (Å²) in [6, 6.07) is 12.8. The zero-order valence-electron chi connectivity index (χ0n) is 34.6. The number of alkyl halides is 4. The third-order valence-corrected chi connectivity index (χ3v) is 14.0. The second kappa shape index (κ2) is 16.2. The number of carbonyl (C=O) groups excluding carboxylic acids is 5. The lowest BCUT2D eigenvalue weighted by atomic mass is 9.71. The fourth-order valence-corrected chi connectivity index (χ4v) is 10.3. The van der Waals surface area contributed by atoms with E-state index in [1.54, 1.807) is 35.4 Å². The minimum Gasteiger partial charge on any atom is -0.371 e. The molecule has 5 saturated heterocycles. The van der Waals surface area contributed by atoms with Gasteiger partial charge in [-0.15, -0.1) is 0 Å². The van der Waals surface area contributed by atoms with Crippen molar-refractivity contribution in [3.63, 3.8) is 0 Å². The van der Waals surface area contributed by atoms with Crippen LogP contribution in [0.4, 0.5) is 40.4 Å². The third-order valence-electron chi connectivity index (χ3n) is 14.0. The molecule has 0 aliphatic carbocycles. The Balaban J connectivity index is 0.699.